The topological polar surface area (TPSA) is 79.5 Å². The molecule has 2 rings (SSSR count). The van der Waals surface area contributed by atoms with Gasteiger partial charge in [-0.3, -0.25) is 9.59 Å². The monoisotopic (exact) mass is 362 g/mol. The molecule has 2 aromatic heterocycles. The summed E-state index contributed by atoms with van der Waals surface area (Å²) in [7, 11) is 1.29. The van der Waals surface area contributed by atoms with Crippen LogP contribution in [-0.4, -0.2) is 47.2 Å². The average molecular weight is 362 g/mol. The van der Waals surface area contributed by atoms with Gasteiger partial charge in [-0.25, -0.2) is 4.79 Å². The van der Waals surface area contributed by atoms with Crippen LogP contribution in [0.3, 0.4) is 0 Å². The second kappa shape index (κ2) is 7.65. The molecule has 0 spiro atoms. The number of amides is 1. The van der Waals surface area contributed by atoms with Crippen LogP contribution in [0.25, 0.3) is 0 Å². The number of nitrogens with zero attached hydrogens (tertiary/aromatic N) is 1. The summed E-state index contributed by atoms with van der Waals surface area (Å²) in [5.74, 6) is -0.889. The van der Waals surface area contributed by atoms with Crippen molar-refractivity contribution >= 4 is 29.0 Å². The van der Waals surface area contributed by atoms with E-state index in [-0.39, 0.29) is 17.4 Å². The van der Waals surface area contributed by atoms with Crippen LogP contribution >= 0.6 is 11.3 Å². The number of ether oxygens (including phenoxy) is 1. The van der Waals surface area contributed by atoms with E-state index in [1.165, 1.54) is 23.3 Å². The standard InChI is InChI=1S/C18H22N2O4S/c1-6-20(17(22)13-8-7-9-25-13)12(4)16(21)14-10(2)15(18(23)24-5)19-11(14)3/h7-9,12,19H,6H2,1-5H3/t12-/m1/s1. The van der Waals surface area contributed by atoms with E-state index in [0.717, 1.165) is 0 Å². The first-order chi connectivity index (χ1) is 11.8. The van der Waals surface area contributed by atoms with Gasteiger partial charge in [-0.05, 0) is 44.7 Å². The maximum absolute atomic E-state index is 13.0. The summed E-state index contributed by atoms with van der Waals surface area (Å²) in [6.45, 7) is 7.40. The summed E-state index contributed by atoms with van der Waals surface area (Å²) >= 11 is 1.35. The van der Waals surface area contributed by atoms with E-state index in [0.29, 0.717) is 28.2 Å². The van der Waals surface area contributed by atoms with Crippen molar-refractivity contribution in [2.45, 2.75) is 33.7 Å². The fraction of sp³-hybridized carbons (Fsp3) is 0.389. The maximum Gasteiger partial charge on any atom is 0.354 e. The average Bonchev–Trinajstić information content (AvgIpc) is 3.22. The second-order valence-corrected chi connectivity index (χ2v) is 6.67. The predicted molar refractivity (Wildman–Crippen MR) is 96.4 cm³/mol. The number of Topliss-reactive ketones (excluding diaryl/α,β-unsaturated/α-hetero) is 1. The van der Waals surface area contributed by atoms with E-state index in [4.69, 9.17) is 4.74 Å². The first kappa shape index (κ1) is 18.9. The molecule has 2 heterocycles. The van der Waals surface area contributed by atoms with Gasteiger partial charge in [0, 0.05) is 17.8 Å². The number of aromatic amines is 1. The number of hydrogen-bond donors (Lipinski definition) is 1. The molecule has 2 aromatic rings. The van der Waals surface area contributed by atoms with Crippen LogP contribution in [0.1, 0.15) is 55.6 Å². The van der Waals surface area contributed by atoms with Crippen LogP contribution in [0.4, 0.5) is 0 Å². The molecule has 25 heavy (non-hydrogen) atoms. The number of likely N-dealkylation sites (N-methyl/N-ethyl adjacent to an activating group) is 1. The van der Waals surface area contributed by atoms with Crippen molar-refractivity contribution in [2.75, 3.05) is 13.7 Å². The van der Waals surface area contributed by atoms with Gasteiger partial charge >= 0.3 is 5.97 Å². The first-order valence-corrected chi connectivity index (χ1v) is 8.87. The Kier molecular flexibility index (Phi) is 5.79. The second-order valence-electron chi connectivity index (χ2n) is 5.73. The third kappa shape index (κ3) is 3.51. The molecule has 1 amide bonds. The highest BCUT2D eigenvalue weighted by molar-refractivity contribution is 7.12. The fourth-order valence-electron chi connectivity index (χ4n) is 2.91. The zero-order valence-electron chi connectivity index (χ0n) is 15.0. The van der Waals surface area contributed by atoms with Crippen LogP contribution in [0.5, 0.6) is 0 Å². The Hall–Kier alpha value is -2.41. The van der Waals surface area contributed by atoms with Crippen molar-refractivity contribution in [1.29, 1.82) is 0 Å². The van der Waals surface area contributed by atoms with Gasteiger partial charge in [-0.15, -0.1) is 11.3 Å². The Bertz CT molecular complexity index is 792. The molecule has 0 aromatic carbocycles. The molecule has 0 aliphatic carbocycles. The van der Waals surface area contributed by atoms with Gasteiger partial charge in [0.15, 0.2) is 5.78 Å². The molecular weight excluding hydrogens is 340 g/mol. The minimum atomic E-state index is -0.640. The Labute approximate surface area is 150 Å². The van der Waals surface area contributed by atoms with Crippen LogP contribution in [-0.2, 0) is 4.74 Å². The zero-order valence-corrected chi connectivity index (χ0v) is 15.8. The molecule has 7 heteroatoms. The number of carbonyl (C=O) groups is 3. The number of ketones is 1. The summed E-state index contributed by atoms with van der Waals surface area (Å²) < 4.78 is 4.74. The lowest BCUT2D eigenvalue weighted by Crippen LogP contribution is -2.43. The Morgan fingerprint density at radius 1 is 1.32 bits per heavy atom. The SMILES string of the molecule is CCN(C(=O)c1cccs1)[C@H](C)C(=O)c1c(C)[nH]c(C(=O)OC)c1C. The summed E-state index contributed by atoms with van der Waals surface area (Å²) in [6, 6.07) is 2.91. The normalized spacial score (nSPS) is 11.9. The summed E-state index contributed by atoms with van der Waals surface area (Å²) in [5, 5.41) is 1.83. The number of methoxy groups -OCH3 is 1. The number of H-pyrrole nitrogens is 1. The van der Waals surface area contributed by atoms with Crippen LogP contribution in [0.15, 0.2) is 17.5 Å². The molecule has 6 nitrogen and oxygen atoms in total. The third-order valence-corrected chi connectivity index (χ3v) is 5.11. The minimum Gasteiger partial charge on any atom is -0.464 e. The molecule has 0 radical (unpaired) electrons. The molecule has 0 bridgehead atoms. The smallest absolute Gasteiger partial charge is 0.354 e. The maximum atomic E-state index is 13.0. The van der Waals surface area contributed by atoms with E-state index in [1.54, 1.807) is 32.9 Å². The van der Waals surface area contributed by atoms with E-state index in [2.05, 4.69) is 4.98 Å². The molecule has 0 aliphatic heterocycles. The molecule has 0 aliphatic rings. The lowest BCUT2D eigenvalue weighted by atomic mass is 9.99. The number of aryl methyl sites for hydroxylation is 1. The fourth-order valence-corrected chi connectivity index (χ4v) is 3.59. The molecule has 134 valence electrons. The van der Waals surface area contributed by atoms with Crippen molar-refractivity contribution in [1.82, 2.24) is 9.88 Å². The summed E-state index contributed by atoms with van der Waals surface area (Å²) in [5.41, 5.74) is 1.84. The molecule has 0 unspecified atom stereocenters. The van der Waals surface area contributed by atoms with Gasteiger partial charge in [0.1, 0.15) is 5.69 Å². The Balaban J connectivity index is 2.34. The number of esters is 1. The van der Waals surface area contributed by atoms with Gasteiger partial charge < -0.3 is 14.6 Å². The largest absolute Gasteiger partial charge is 0.464 e. The Morgan fingerprint density at radius 3 is 2.52 bits per heavy atom. The highest BCUT2D eigenvalue weighted by Gasteiger charge is 2.31. The van der Waals surface area contributed by atoms with Crippen molar-refractivity contribution in [2.24, 2.45) is 0 Å². The zero-order chi connectivity index (χ0) is 18.7. The van der Waals surface area contributed by atoms with E-state index >= 15 is 0 Å². The number of aromatic nitrogens is 1. The lowest BCUT2D eigenvalue weighted by Gasteiger charge is -2.27. The predicted octanol–water partition coefficient (Wildman–Crippen LogP) is 3.21. The summed E-state index contributed by atoms with van der Waals surface area (Å²) in [4.78, 5) is 42.5. The van der Waals surface area contributed by atoms with E-state index in [9.17, 15) is 14.4 Å². The number of nitrogens with one attached hydrogen (secondary N) is 1. The van der Waals surface area contributed by atoms with Crippen LogP contribution < -0.4 is 0 Å². The number of thiophene rings is 1. The first-order valence-electron chi connectivity index (χ1n) is 7.99. The third-order valence-electron chi connectivity index (χ3n) is 4.25. The molecule has 0 fully saturated rings. The van der Waals surface area contributed by atoms with Gasteiger partial charge in [0.05, 0.1) is 18.0 Å². The summed E-state index contributed by atoms with van der Waals surface area (Å²) in [6.07, 6.45) is 0. The van der Waals surface area contributed by atoms with Crippen LogP contribution in [0.2, 0.25) is 0 Å². The highest BCUT2D eigenvalue weighted by Crippen LogP contribution is 2.23. The quantitative estimate of drug-likeness (QED) is 0.632. The van der Waals surface area contributed by atoms with Gasteiger partial charge in [0.25, 0.3) is 5.91 Å². The highest BCUT2D eigenvalue weighted by atomic mass is 32.1. The molecular formula is C18H22N2O4S. The molecule has 0 saturated heterocycles. The van der Waals surface area contributed by atoms with Crippen molar-refractivity contribution < 1.29 is 19.1 Å². The number of hydrogen-bond acceptors (Lipinski definition) is 5. The number of rotatable bonds is 6. The van der Waals surface area contributed by atoms with E-state index in [1.807, 2.05) is 12.3 Å². The lowest BCUT2D eigenvalue weighted by molar-refractivity contribution is 0.0593. The van der Waals surface area contributed by atoms with E-state index < -0.39 is 12.0 Å². The molecule has 1 atom stereocenters. The Morgan fingerprint density at radius 2 is 2.00 bits per heavy atom. The van der Waals surface area contributed by atoms with Crippen molar-refractivity contribution in [3.63, 3.8) is 0 Å². The molecule has 1 N–H and O–H groups in total. The van der Waals surface area contributed by atoms with Gasteiger partial charge in [-0.2, -0.15) is 0 Å². The number of carbonyl (C=O) groups excluding carboxylic acids is 3. The van der Waals surface area contributed by atoms with Gasteiger partial charge in [0.2, 0.25) is 0 Å². The van der Waals surface area contributed by atoms with Crippen molar-refractivity contribution in [3.05, 3.63) is 44.9 Å². The minimum absolute atomic E-state index is 0.169. The van der Waals surface area contributed by atoms with Crippen molar-refractivity contribution in [3.8, 4) is 0 Å². The van der Waals surface area contributed by atoms with Gasteiger partial charge in [-0.1, -0.05) is 6.07 Å². The molecule has 0 saturated carbocycles. The van der Waals surface area contributed by atoms with Crippen LogP contribution in [0, 0.1) is 13.8 Å².